The lowest BCUT2D eigenvalue weighted by Crippen LogP contribution is -2.40. The molecule has 0 bridgehead atoms. The van der Waals surface area contributed by atoms with E-state index in [0.717, 1.165) is 0 Å². The van der Waals surface area contributed by atoms with Crippen molar-refractivity contribution in [1.29, 1.82) is 0 Å². The van der Waals surface area contributed by atoms with Gasteiger partial charge in [-0.05, 0) is 47.8 Å². The molecule has 0 radical (unpaired) electrons. The molecule has 0 unspecified atom stereocenters. The second-order valence-corrected chi connectivity index (χ2v) is 7.10. The minimum Gasteiger partial charge on any atom is -0.468 e. The molecule has 10 heteroatoms. The van der Waals surface area contributed by atoms with Gasteiger partial charge in [0.25, 0.3) is 0 Å². The molecule has 0 fully saturated rings. The van der Waals surface area contributed by atoms with Gasteiger partial charge in [0.15, 0.2) is 5.92 Å². The highest BCUT2D eigenvalue weighted by molar-refractivity contribution is 8.13. The fraction of sp³-hybridized carbons (Fsp3) is 0.667. The molecule has 0 heterocycles. The Morgan fingerprint density at radius 2 is 1.26 bits per heavy atom. The second-order valence-electron chi connectivity index (χ2n) is 2.88. The molecule has 0 rings (SSSR count). The van der Waals surface area contributed by atoms with Crippen LogP contribution >= 0.6 is 72.2 Å². The fourth-order valence-electron chi connectivity index (χ4n) is 1.14. The molecular formula is C9H16N2O2S6. The zero-order valence-electron chi connectivity index (χ0n) is 11.2. The maximum absolute atomic E-state index is 12.0. The van der Waals surface area contributed by atoms with Crippen LogP contribution < -0.4 is 0 Å². The molecule has 0 amide bonds. The van der Waals surface area contributed by atoms with E-state index in [2.05, 4.69) is 0 Å². The number of nitrogens with zero attached hydrogens (tertiary/aromatic N) is 2. The van der Waals surface area contributed by atoms with E-state index >= 15 is 0 Å². The first kappa shape index (κ1) is 19.7. The minimum atomic E-state index is -0.727. The summed E-state index contributed by atoms with van der Waals surface area (Å²) in [6.45, 7) is 0. The van der Waals surface area contributed by atoms with Crippen LogP contribution in [-0.4, -0.2) is 55.5 Å². The Labute approximate surface area is 142 Å². The predicted molar refractivity (Wildman–Crippen MR) is 98.4 cm³/mol. The topological polar surface area (TPSA) is 32.8 Å². The van der Waals surface area contributed by atoms with Gasteiger partial charge in [0.1, 0.15) is 9.98 Å². The van der Waals surface area contributed by atoms with Crippen molar-refractivity contribution in [2.45, 2.75) is 0 Å². The Hall–Kier alpha value is 0.650. The molecule has 0 aromatic heterocycles. The summed E-state index contributed by atoms with van der Waals surface area (Å²) >= 11 is 16.5. The molecular weight excluding hydrogens is 361 g/mol. The van der Waals surface area contributed by atoms with Gasteiger partial charge in [0.2, 0.25) is 0 Å². The van der Waals surface area contributed by atoms with E-state index in [1.54, 1.807) is 7.42 Å². The number of hydrogen-bond acceptors (Lipinski definition) is 8. The molecule has 0 spiro atoms. The number of methoxy groups -OCH3 is 1. The molecule has 0 aliphatic heterocycles. The van der Waals surface area contributed by atoms with E-state index in [4.69, 9.17) is 29.2 Å². The number of thiocarbonyl (C=S) groups is 2. The van der Waals surface area contributed by atoms with Crippen LogP contribution in [0.15, 0.2) is 0 Å². The van der Waals surface area contributed by atoms with Crippen molar-refractivity contribution < 1.29 is 9.53 Å². The molecule has 4 nitrogen and oxygen atoms in total. The molecule has 0 saturated heterocycles. The Bertz CT molecular complexity index is 309. The third-order valence-electron chi connectivity index (χ3n) is 1.95. The lowest BCUT2D eigenvalue weighted by Gasteiger charge is -2.28. The number of ether oxygens (including phenoxy) is 1. The first-order valence-electron chi connectivity index (χ1n) is 4.90. The Morgan fingerprint density at radius 3 is 1.47 bits per heavy atom. The van der Waals surface area contributed by atoms with Crippen molar-refractivity contribution in [3.05, 3.63) is 0 Å². The summed E-state index contributed by atoms with van der Waals surface area (Å²) in [5.41, 5.74) is 0. The summed E-state index contributed by atoms with van der Waals surface area (Å²) in [6.07, 6.45) is 7.56. The smallest absolute Gasteiger partial charge is 0.322 e. The zero-order valence-corrected chi connectivity index (χ0v) is 16.1. The molecule has 110 valence electrons. The third kappa shape index (κ3) is 5.50. The summed E-state index contributed by atoms with van der Waals surface area (Å²) in [6, 6.07) is 0. The molecule has 19 heavy (non-hydrogen) atoms. The zero-order chi connectivity index (χ0) is 15.0. The Balaban J connectivity index is 5.27. The van der Waals surface area contributed by atoms with Gasteiger partial charge in [-0.25, -0.2) is 0 Å². The average Bonchev–Trinajstić information content (AvgIpc) is 2.41. The van der Waals surface area contributed by atoms with E-state index < -0.39 is 11.9 Å². The van der Waals surface area contributed by atoms with Crippen molar-refractivity contribution in [2.75, 3.05) is 32.1 Å². The Kier molecular flexibility index (Phi) is 10.7. The highest BCUT2D eigenvalue weighted by atomic mass is 32.2. The standard InChI is InChI=1S/C9H16N2O2S6/c1-13-9(12)6(7(14)10(16-2)17-3)8(15)11(18-4)19-5/h6H,1-5H3. The van der Waals surface area contributed by atoms with Gasteiger partial charge in [-0.1, -0.05) is 24.4 Å². The van der Waals surface area contributed by atoms with Crippen LogP contribution in [0.2, 0.25) is 0 Å². The number of carbonyl (C=O) groups excluding carboxylic acids is 1. The normalized spacial score (nSPS) is 10.2. The van der Waals surface area contributed by atoms with Crippen LogP contribution in [0.5, 0.6) is 0 Å². The van der Waals surface area contributed by atoms with Gasteiger partial charge < -0.3 is 4.74 Å². The number of carbonyl (C=O) groups is 1. The van der Waals surface area contributed by atoms with Gasteiger partial charge in [-0.3, -0.25) is 12.2 Å². The molecule has 0 N–H and O–H groups in total. The van der Waals surface area contributed by atoms with Gasteiger partial charge >= 0.3 is 5.97 Å². The van der Waals surface area contributed by atoms with Gasteiger partial charge in [-0.2, -0.15) is 0 Å². The SMILES string of the molecule is COC(=O)C(C(=S)N(SC)SC)C(=S)N(SC)SC. The summed E-state index contributed by atoms with van der Waals surface area (Å²) in [5.74, 6) is -1.16. The van der Waals surface area contributed by atoms with E-state index in [9.17, 15) is 4.79 Å². The van der Waals surface area contributed by atoms with Crippen molar-refractivity contribution in [1.82, 2.24) is 7.42 Å². The summed E-state index contributed by atoms with van der Waals surface area (Å²) in [4.78, 5) is 12.9. The molecule has 0 aliphatic rings. The molecule has 0 aromatic rings. The molecule has 0 aliphatic carbocycles. The lowest BCUT2D eigenvalue weighted by molar-refractivity contribution is -0.141. The van der Waals surface area contributed by atoms with Crippen molar-refractivity contribution in [3.8, 4) is 0 Å². The largest absolute Gasteiger partial charge is 0.468 e. The van der Waals surface area contributed by atoms with Crippen LogP contribution in [0, 0.1) is 5.92 Å². The van der Waals surface area contributed by atoms with Gasteiger partial charge in [0.05, 0.1) is 7.11 Å². The molecule has 0 saturated carbocycles. The van der Waals surface area contributed by atoms with Crippen LogP contribution in [0.3, 0.4) is 0 Å². The van der Waals surface area contributed by atoms with Crippen molar-refractivity contribution in [2.24, 2.45) is 5.92 Å². The van der Waals surface area contributed by atoms with Crippen LogP contribution in [0.4, 0.5) is 0 Å². The number of rotatable bonds is 7. The van der Waals surface area contributed by atoms with E-state index in [1.165, 1.54) is 54.9 Å². The van der Waals surface area contributed by atoms with Crippen LogP contribution in [0.25, 0.3) is 0 Å². The van der Waals surface area contributed by atoms with Crippen LogP contribution in [0.1, 0.15) is 0 Å². The summed E-state index contributed by atoms with van der Waals surface area (Å²) < 4.78 is 8.39. The number of hydrogen-bond donors (Lipinski definition) is 0. The fourth-order valence-corrected chi connectivity index (χ4v) is 4.86. The predicted octanol–water partition coefficient (Wildman–Crippen LogP) is 3.15. The lowest BCUT2D eigenvalue weighted by atomic mass is 10.1. The van der Waals surface area contributed by atoms with E-state index in [1.807, 2.05) is 25.0 Å². The van der Waals surface area contributed by atoms with Crippen molar-refractivity contribution in [3.63, 3.8) is 0 Å². The Morgan fingerprint density at radius 1 is 0.947 bits per heavy atom. The van der Waals surface area contributed by atoms with E-state index in [0.29, 0.717) is 9.98 Å². The van der Waals surface area contributed by atoms with Gasteiger partial charge in [0, 0.05) is 25.0 Å². The maximum atomic E-state index is 12.0. The number of esters is 1. The monoisotopic (exact) mass is 376 g/mol. The highest BCUT2D eigenvalue weighted by Gasteiger charge is 2.35. The first-order valence-corrected chi connectivity index (χ1v) is 10.4. The molecule has 0 aromatic carbocycles. The average molecular weight is 377 g/mol. The first-order chi connectivity index (χ1) is 8.98. The van der Waals surface area contributed by atoms with Crippen LogP contribution in [-0.2, 0) is 9.53 Å². The second kappa shape index (κ2) is 10.4. The quantitative estimate of drug-likeness (QED) is 0.375. The summed E-state index contributed by atoms with van der Waals surface area (Å²) in [5, 5.41) is 0. The maximum Gasteiger partial charge on any atom is 0.322 e. The van der Waals surface area contributed by atoms with E-state index in [-0.39, 0.29) is 0 Å². The molecule has 0 atom stereocenters. The summed E-state index contributed by atoms with van der Waals surface area (Å²) in [7, 11) is 1.34. The minimum absolute atomic E-state index is 0.434. The highest BCUT2D eigenvalue weighted by Crippen LogP contribution is 2.28. The van der Waals surface area contributed by atoms with Crippen molar-refractivity contribution >= 4 is 88.2 Å². The van der Waals surface area contributed by atoms with Gasteiger partial charge in [-0.15, -0.1) is 0 Å². The third-order valence-corrected chi connectivity index (χ3v) is 7.16.